The minimum Gasteiger partial charge on any atom is -0.484 e. The van der Waals surface area contributed by atoms with Crippen LogP contribution < -0.4 is 10.1 Å². The summed E-state index contributed by atoms with van der Waals surface area (Å²) in [6.07, 6.45) is 8.12. The Labute approximate surface area is 173 Å². The van der Waals surface area contributed by atoms with E-state index in [9.17, 15) is 9.18 Å². The highest BCUT2D eigenvalue weighted by molar-refractivity contribution is 5.78. The number of rotatable bonds is 5. The molecule has 2 heterocycles. The fourth-order valence-electron chi connectivity index (χ4n) is 3.63. The first kappa shape index (κ1) is 19.9. The highest BCUT2D eigenvalue weighted by Gasteiger charge is 2.34. The number of halogens is 1. The van der Waals surface area contributed by atoms with E-state index >= 15 is 0 Å². The summed E-state index contributed by atoms with van der Waals surface area (Å²) in [5.41, 5.74) is 2.36. The lowest BCUT2D eigenvalue weighted by atomic mass is 9.74. The Morgan fingerprint density at radius 1 is 1.20 bits per heavy atom. The molecule has 154 valence electrons. The second kappa shape index (κ2) is 8.14. The van der Waals surface area contributed by atoms with Crippen LogP contribution in [-0.2, 0) is 11.2 Å². The Morgan fingerprint density at radius 3 is 2.73 bits per heavy atom. The van der Waals surface area contributed by atoms with Gasteiger partial charge < -0.3 is 10.1 Å². The van der Waals surface area contributed by atoms with E-state index in [2.05, 4.69) is 34.1 Å². The number of hydrogen-bond acceptors (Lipinski definition) is 6. The van der Waals surface area contributed by atoms with Crippen LogP contribution in [0.1, 0.15) is 37.6 Å². The zero-order chi connectivity index (χ0) is 21.1. The monoisotopic (exact) mass is 407 g/mol. The van der Waals surface area contributed by atoms with Crippen molar-refractivity contribution < 1.29 is 13.9 Å². The number of fused-ring (bicyclic) bond motifs is 1. The van der Waals surface area contributed by atoms with E-state index in [1.54, 1.807) is 24.8 Å². The van der Waals surface area contributed by atoms with Crippen LogP contribution in [0.4, 0.5) is 4.39 Å². The largest absolute Gasteiger partial charge is 0.484 e. The van der Waals surface area contributed by atoms with Gasteiger partial charge in [-0.1, -0.05) is 13.8 Å². The molecule has 30 heavy (non-hydrogen) atoms. The molecule has 1 atom stereocenters. The highest BCUT2D eigenvalue weighted by atomic mass is 19.1. The van der Waals surface area contributed by atoms with Crippen molar-refractivity contribution in [3.8, 4) is 17.3 Å². The number of hydrogen-bond donors (Lipinski definition) is 1. The molecule has 0 saturated heterocycles. The summed E-state index contributed by atoms with van der Waals surface area (Å²) in [6, 6.07) is 5.34. The van der Waals surface area contributed by atoms with E-state index in [1.165, 1.54) is 24.3 Å². The van der Waals surface area contributed by atoms with Gasteiger partial charge in [0.2, 0.25) is 0 Å². The maximum absolute atomic E-state index is 13.0. The molecule has 0 aliphatic heterocycles. The molecule has 7 nitrogen and oxygen atoms in total. The maximum Gasteiger partial charge on any atom is 0.258 e. The Morgan fingerprint density at radius 2 is 2.00 bits per heavy atom. The summed E-state index contributed by atoms with van der Waals surface area (Å²) in [4.78, 5) is 30.0. The van der Waals surface area contributed by atoms with Crippen molar-refractivity contribution in [3.63, 3.8) is 0 Å². The first-order valence-corrected chi connectivity index (χ1v) is 9.69. The zero-order valence-corrected chi connectivity index (χ0v) is 16.8. The minimum atomic E-state index is -0.353. The van der Waals surface area contributed by atoms with Gasteiger partial charge in [-0.05, 0) is 42.5 Å². The predicted octanol–water partition coefficient (Wildman–Crippen LogP) is 3.28. The van der Waals surface area contributed by atoms with Crippen LogP contribution in [0, 0.1) is 11.2 Å². The average Bonchev–Trinajstić information content (AvgIpc) is 2.73. The Bertz CT molecular complexity index is 1040. The number of aromatic nitrogens is 4. The van der Waals surface area contributed by atoms with Crippen molar-refractivity contribution in [3.05, 3.63) is 66.1 Å². The smallest absolute Gasteiger partial charge is 0.258 e. The van der Waals surface area contributed by atoms with Gasteiger partial charge in [-0.2, -0.15) is 0 Å². The molecular formula is C22H22FN5O2. The number of nitrogens with zero attached hydrogens (tertiary/aromatic N) is 4. The second-order valence-electron chi connectivity index (χ2n) is 8.09. The first-order valence-electron chi connectivity index (χ1n) is 9.69. The fourth-order valence-corrected chi connectivity index (χ4v) is 3.63. The first-order chi connectivity index (χ1) is 14.4. The molecule has 0 spiro atoms. The molecule has 4 rings (SSSR count). The summed E-state index contributed by atoms with van der Waals surface area (Å²) in [5.74, 6) is 0.344. The van der Waals surface area contributed by atoms with Gasteiger partial charge in [0, 0.05) is 24.2 Å². The van der Waals surface area contributed by atoms with E-state index in [0.717, 1.165) is 24.1 Å². The number of amides is 1. The van der Waals surface area contributed by atoms with Gasteiger partial charge in [0.05, 0.1) is 17.9 Å². The quantitative estimate of drug-likeness (QED) is 0.698. The number of carbonyl (C=O) groups excluding carboxylic acids is 1. The third-order valence-electron chi connectivity index (χ3n) is 4.99. The molecule has 0 radical (unpaired) electrons. The van der Waals surface area contributed by atoms with Crippen molar-refractivity contribution in [1.82, 2.24) is 25.3 Å². The molecular weight excluding hydrogens is 385 g/mol. The lowest BCUT2D eigenvalue weighted by molar-refractivity contribution is -0.124. The predicted molar refractivity (Wildman–Crippen MR) is 108 cm³/mol. The van der Waals surface area contributed by atoms with Crippen LogP contribution in [0.15, 0.2) is 49.1 Å². The van der Waals surface area contributed by atoms with E-state index in [4.69, 9.17) is 9.72 Å². The summed E-state index contributed by atoms with van der Waals surface area (Å²) < 4.78 is 18.4. The number of nitrogens with one attached hydrogen (secondary N) is 1. The number of ether oxygens (including phenoxy) is 1. The minimum absolute atomic E-state index is 0.0449. The molecule has 3 aromatic rings. The Kier molecular flexibility index (Phi) is 5.39. The average molecular weight is 407 g/mol. The molecule has 0 bridgehead atoms. The van der Waals surface area contributed by atoms with E-state index in [-0.39, 0.29) is 29.8 Å². The van der Waals surface area contributed by atoms with Crippen LogP contribution in [-0.4, -0.2) is 32.4 Å². The van der Waals surface area contributed by atoms with Gasteiger partial charge in [-0.25, -0.2) is 19.3 Å². The van der Waals surface area contributed by atoms with Crippen molar-refractivity contribution in [2.75, 3.05) is 6.61 Å². The fraction of sp³-hybridized carbons (Fsp3) is 0.318. The lowest BCUT2D eigenvalue weighted by Crippen LogP contribution is -2.39. The summed E-state index contributed by atoms with van der Waals surface area (Å²) in [5, 5.41) is 3.03. The van der Waals surface area contributed by atoms with E-state index in [0.29, 0.717) is 17.3 Å². The van der Waals surface area contributed by atoms with Gasteiger partial charge in [0.15, 0.2) is 12.4 Å². The molecule has 1 N–H and O–H groups in total. The van der Waals surface area contributed by atoms with Gasteiger partial charge in [-0.3, -0.25) is 9.78 Å². The number of carbonyl (C=O) groups is 1. The normalized spacial score (nSPS) is 17.1. The second-order valence-corrected chi connectivity index (χ2v) is 8.09. The molecule has 1 aliphatic rings. The van der Waals surface area contributed by atoms with Crippen molar-refractivity contribution >= 4 is 5.91 Å². The summed E-state index contributed by atoms with van der Waals surface area (Å²) in [7, 11) is 0. The van der Waals surface area contributed by atoms with Crippen LogP contribution in [0.25, 0.3) is 11.5 Å². The van der Waals surface area contributed by atoms with E-state index in [1.807, 2.05) is 0 Å². The molecule has 1 unspecified atom stereocenters. The third-order valence-corrected chi connectivity index (χ3v) is 4.99. The van der Waals surface area contributed by atoms with Crippen LogP contribution in [0.2, 0.25) is 0 Å². The zero-order valence-electron chi connectivity index (χ0n) is 16.8. The van der Waals surface area contributed by atoms with Gasteiger partial charge in [0.1, 0.15) is 17.3 Å². The van der Waals surface area contributed by atoms with Crippen LogP contribution in [0.5, 0.6) is 5.75 Å². The van der Waals surface area contributed by atoms with Crippen molar-refractivity contribution in [2.24, 2.45) is 5.41 Å². The topological polar surface area (TPSA) is 89.9 Å². The molecule has 1 aliphatic carbocycles. The van der Waals surface area contributed by atoms with Crippen molar-refractivity contribution in [1.29, 1.82) is 0 Å². The van der Waals surface area contributed by atoms with E-state index < -0.39 is 0 Å². The number of benzene rings is 1. The lowest BCUT2D eigenvalue weighted by Gasteiger charge is -2.36. The summed E-state index contributed by atoms with van der Waals surface area (Å²) >= 11 is 0. The van der Waals surface area contributed by atoms with Gasteiger partial charge in [-0.15, -0.1) is 0 Å². The van der Waals surface area contributed by atoms with Gasteiger partial charge >= 0.3 is 0 Å². The highest BCUT2D eigenvalue weighted by Crippen LogP contribution is 2.40. The Hall–Kier alpha value is -3.42. The van der Waals surface area contributed by atoms with Crippen molar-refractivity contribution in [2.45, 2.75) is 32.7 Å². The molecule has 0 fully saturated rings. The molecule has 0 saturated carbocycles. The molecule has 1 aromatic carbocycles. The maximum atomic E-state index is 13.0. The van der Waals surface area contributed by atoms with Crippen LogP contribution in [0.3, 0.4) is 0 Å². The standard InChI is InChI=1S/C22H22FN5O2/c1-22(2)9-17(27-20(29)13-30-15-5-3-14(23)4-6-15)16-11-26-21(28-18(16)10-22)19-12-24-7-8-25-19/h3-8,11-12,17H,9-10,13H2,1-2H3,(H,27,29). The van der Waals surface area contributed by atoms with Gasteiger partial charge in [0.25, 0.3) is 5.91 Å². The Balaban J connectivity index is 1.50. The third kappa shape index (κ3) is 4.59. The molecule has 8 heteroatoms. The summed E-state index contributed by atoms with van der Waals surface area (Å²) in [6.45, 7) is 4.14. The molecule has 1 amide bonds. The van der Waals surface area contributed by atoms with Crippen LogP contribution >= 0.6 is 0 Å². The SMILES string of the molecule is CC1(C)Cc2nc(-c3cnccn3)ncc2C(NC(=O)COc2ccc(F)cc2)C1. The molecule has 2 aromatic heterocycles.